The second-order valence-electron chi connectivity index (χ2n) is 7.46. The fourth-order valence-electron chi connectivity index (χ4n) is 3.40. The Kier molecular flexibility index (Phi) is 6.96. The van der Waals surface area contributed by atoms with E-state index in [9.17, 15) is 9.59 Å². The van der Waals surface area contributed by atoms with Gasteiger partial charge in [0.2, 0.25) is 0 Å². The molecule has 4 aromatic rings. The van der Waals surface area contributed by atoms with Crippen LogP contribution in [0.2, 0.25) is 0 Å². The first-order chi connectivity index (χ1) is 17.0. The van der Waals surface area contributed by atoms with E-state index in [2.05, 4.69) is 15.6 Å². The highest BCUT2D eigenvalue weighted by atomic mass is 16.7. The number of benzene rings is 3. The van der Waals surface area contributed by atoms with Gasteiger partial charge >= 0.3 is 5.97 Å². The van der Waals surface area contributed by atoms with Gasteiger partial charge in [-0.2, -0.15) is 0 Å². The number of para-hydroxylation sites is 4. The van der Waals surface area contributed by atoms with Crippen molar-refractivity contribution in [1.82, 2.24) is 9.78 Å². The number of aromatic nitrogens is 2. The summed E-state index contributed by atoms with van der Waals surface area (Å²) in [6.45, 7) is 1.79. The maximum atomic E-state index is 13.0. The van der Waals surface area contributed by atoms with E-state index in [4.69, 9.17) is 14.3 Å². The minimum absolute atomic E-state index is 0.269. The highest BCUT2D eigenvalue weighted by molar-refractivity contribution is 5.90. The fourth-order valence-corrected chi connectivity index (χ4v) is 3.40. The van der Waals surface area contributed by atoms with Crippen molar-refractivity contribution in [3.63, 3.8) is 0 Å². The number of H-pyrrole nitrogens is 1. The number of aliphatic imine (C=N–C) groups is 1. The molecule has 0 amide bonds. The monoisotopic (exact) mass is 472 g/mol. The molecule has 178 valence electrons. The van der Waals surface area contributed by atoms with Crippen LogP contribution in [-0.2, 0) is 4.84 Å². The molecule has 35 heavy (non-hydrogen) atoms. The van der Waals surface area contributed by atoms with Gasteiger partial charge in [-0.3, -0.25) is 14.9 Å². The molecular formula is C26H24N4O5. The Morgan fingerprint density at radius 1 is 0.943 bits per heavy atom. The second-order valence-corrected chi connectivity index (χ2v) is 7.46. The number of carbonyl (C=O) groups excluding carboxylic acids is 1. The van der Waals surface area contributed by atoms with Crippen molar-refractivity contribution in [3.05, 3.63) is 100.0 Å². The third kappa shape index (κ3) is 5.09. The first kappa shape index (κ1) is 23.4. The summed E-state index contributed by atoms with van der Waals surface area (Å²) in [7, 11) is 3.10. The Bertz CT molecular complexity index is 1420. The maximum absolute atomic E-state index is 13.0. The predicted molar refractivity (Wildman–Crippen MR) is 133 cm³/mol. The lowest BCUT2D eigenvalue weighted by Crippen LogP contribution is -2.17. The lowest BCUT2D eigenvalue weighted by Gasteiger charge is -2.10. The molecule has 0 spiro atoms. The summed E-state index contributed by atoms with van der Waals surface area (Å²) in [4.78, 5) is 35.0. The molecule has 0 saturated heterocycles. The highest BCUT2D eigenvalue weighted by Crippen LogP contribution is 2.26. The zero-order valence-corrected chi connectivity index (χ0v) is 19.4. The maximum Gasteiger partial charge on any atom is 0.362 e. The molecule has 4 rings (SSSR count). The number of nitrogens with one attached hydrogen (secondary N) is 2. The largest absolute Gasteiger partial charge is 0.494 e. The van der Waals surface area contributed by atoms with E-state index < -0.39 is 5.97 Å². The zero-order chi connectivity index (χ0) is 24.8. The normalized spacial score (nSPS) is 10.8. The van der Waals surface area contributed by atoms with Crippen molar-refractivity contribution >= 4 is 23.6 Å². The van der Waals surface area contributed by atoms with Gasteiger partial charge in [0.05, 0.1) is 31.0 Å². The van der Waals surface area contributed by atoms with E-state index in [1.165, 1.54) is 18.0 Å². The summed E-state index contributed by atoms with van der Waals surface area (Å²) < 4.78 is 11.9. The number of hydrogen-bond donors (Lipinski definition) is 2. The third-order valence-corrected chi connectivity index (χ3v) is 5.26. The summed E-state index contributed by atoms with van der Waals surface area (Å²) in [5.74, 6) is 0.573. The molecule has 0 aliphatic carbocycles. The van der Waals surface area contributed by atoms with Crippen molar-refractivity contribution in [3.8, 4) is 17.2 Å². The van der Waals surface area contributed by atoms with E-state index in [1.54, 1.807) is 68.6 Å². The molecule has 0 fully saturated rings. The Balaban J connectivity index is 1.50. The van der Waals surface area contributed by atoms with Gasteiger partial charge in [0.1, 0.15) is 22.9 Å². The first-order valence-corrected chi connectivity index (χ1v) is 10.7. The molecule has 0 atom stereocenters. The lowest BCUT2D eigenvalue weighted by atomic mass is 10.2. The summed E-state index contributed by atoms with van der Waals surface area (Å²) in [5.41, 5.74) is 5.41. The van der Waals surface area contributed by atoms with Crippen LogP contribution in [0.1, 0.15) is 21.6 Å². The van der Waals surface area contributed by atoms with Crippen LogP contribution in [0.15, 0.2) is 82.6 Å². The van der Waals surface area contributed by atoms with Crippen LogP contribution >= 0.6 is 0 Å². The van der Waals surface area contributed by atoms with Crippen molar-refractivity contribution < 1.29 is 19.1 Å². The smallest absolute Gasteiger partial charge is 0.362 e. The van der Waals surface area contributed by atoms with Crippen LogP contribution < -0.4 is 20.5 Å². The minimum atomic E-state index is -0.581. The number of methoxy groups -OCH3 is 2. The molecule has 1 aromatic heterocycles. The van der Waals surface area contributed by atoms with Crippen molar-refractivity contribution in [2.45, 2.75) is 6.92 Å². The topological polar surface area (TPSA) is 107 Å². The summed E-state index contributed by atoms with van der Waals surface area (Å²) in [5, 5.41) is 3.04. The average Bonchev–Trinajstić information content (AvgIpc) is 3.19. The molecule has 0 aliphatic rings. The number of aromatic amines is 1. The van der Waals surface area contributed by atoms with Crippen LogP contribution in [0.25, 0.3) is 5.69 Å². The summed E-state index contributed by atoms with van der Waals surface area (Å²) in [6.07, 6.45) is 1.51. The molecule has 9 nitrogen and oxygen atoms in total. The van der Waals surface area contributed by atoms with Crippen molar-refractivity contribution in [2.75, 3.05) is 19.7 Å². The van der Waals surface area contributed by atoms with Gasteiger partial charge < -0.3 is 14.3 Å². The Morgan fingerprint density at radius 3 is 2.31 bits per heavy atom. The summed E-state index contributed by atoms with van der Waals surface area (Å²) in [6, 6.07) is 20.8. The molecule has 2 N–H and O–H groups in total. The van der Waals surface area contributed by atoms with E-state index in [-0.39, 0.29) is 5.56 Å². The van der Waals surface area contributed by atoms with Gasteiger partial charge in [-0.15, -0.1) is 0 Å². The zero-order valence-electron chi connectivity index (χ0n) is 19.4. The van der Waals surface area contributed by atoms with Crippen LogP contribution in [-0.4, -0.2) is 36.2 Å². The number of hydrogen-bond acceptors (Lipinski definition) is 7. The summed E-state index contributed by atoms with van der Waals surface area (Å²) >= 11 is 0. The molecule has 0 bridgehead atoms. The van der Waals surface area contributed by atoms with E-state index in [1.807, 2.05) is 18.2 Å². The van der Waals surface area contributed by atoms with Crippen molar-refractivity contribution in [2.24, 2.45) is 4.99 Å². The van der Waals surface area contributed by atoms with Gasteiger partial charge in [0.25, 0.3) is 5.56 Å². The SMILES string of the molecule is COc1ccccc1N=Cc1c(C)[nH]n(-c2ccc(C(=O)ONc3ccccc3OC)cc2)c1=O. The Hall–Kier alpha value is -4.79. The molecule has 3 aromatic carbocycles. The number of carbonyl (C=O) groups is 1. The van der Waals surface area contributed by atoms with Crippen LogP contribution in [0.4, 0.5) is 11.4 Å². The van der Waals surface area contributed by atoms with Gasteiger partial charge in [0, 0.05) is 11.9 Å². The molecule has 1 heterocycles. The van der Waals surface area contributed by atoms with Crippen molar-refractivity contribution in [1.29, 1.82) is 0 Å². The fraction of sp³-hybridized carbons (Fsp3) is 0.115. The van der Waals surface area contributed by atoms with E-state index in [0.29, 0.717) is 45.4 Å². The van der Waals surface area contributed by atoms with E-state index >= 15 is 0 Å². The Morgan fingerprint density at radius 2 is 1.60 bits per heavy atom. The molecule has 0 radical (unpaired) electrons. The van der Waals surface area contributed by atoms with Gasteiger partial charge in [0.15, 0.2) is 0 Å². The van der Waals surface area contributed by atoms with Crippen LogP contribution in [0, 0.1) is 6.92 Å². The number of aryl methyl sites for hydroxylation is 1. The van der Waals surface area contributed by atoms with Gasteiger partial charge in [-0.1, -0.05) is 24.3 Å². The highest BCUT2D eigenvalue weighted by Gasteiger charge is 2.13. The molecule has 0 saturated carbocycles. The minimum Gasteiger partial charge on any atom is -0.494 e. The van der Waals surface area contributed by atoms with Gasteiger partial charge in [-0.05, 0) is 55.5 Å². The molecule has 0 unspecified atom stereocenters. The number of rotatable bonds is 8. The molecule has 9 heteroatoms. The standard InChI is InChI=1S/C26H24N4O5/c1-17-20(16-27-21-8-4-6-10-23(21)33-2)25(31)30(28-17)19-14-12-18(13-15-19)26(32)35-29-22-9-5-7-11-24(22)34-3/h4-16,28-29H,1-3H3. The molecular weight excluding hydrogens is 448 g/mol. The number of nitrogens with zero attached hydrogens (tertiary/aromatic N) is 2. The predicted octanol–water partition coefficient (Wildman–Crippen LogP) is 4.43. The average molecular weight is 473 g/mol. The number of anilines is 1. The lowest BCUT2D eigenvalue weighted by molar-refractivity contribution is 0.0595. The third-order valence-electron chi connectivity index (χ3n) is 5.26. The first-order valence-electron chi connectivity index (χ1n) is 10.7. The number of ether oxygens (including phenoxy) is 2. The Labute approximate surface area is 201 Å². The second kappa shape index (κ2) is 10.4. The quantitative estimate of drug-likeness (QED) is 0.290. The molecule has 0 aliphatic heterocycles. The van der Waals surface area contributed by atoms with Gasteiger partial charge in [-0.25, -0.2) is 15.0 Å². The van der Waals surface area contributed by atoms with E-state index in [0.717, 1.165) is 0 Å². The van der Waals surface area contributed by atoms with Crippen LogP contribution in [0.5, 0.6) is 11.5 Å². The van der Waals surface area contributed by atoms with Crippen LogP contribution in [0.3, 0.4) is 0 Å².